The molecule has 0 unspecified atom stereocenters. The quantitative estimate of drug-likeness (QED) is 0.443. The molecule has 0 amide bonds. The van der Waals surface area contributed by atoms with Crippen LogP contribution in [0.2, 0.25) is 0 Å². The van der Waals surface area contributed by atoms with Crippen molar-refractivity contribution < 1.29 is 13.2 Å². The summed E-state index contributed by atoms with van der Waals surface area (Å²) in [4.78, 5) is 19.9. The lowest BCUT2D eigenvalue weighted by Gasteiger charge is -2.29. The van der Waals surface area contributed by atoms with E-state index in [-0.39, 0.29) is 35.5 Å². The number of rotatable bonds is 6. The van der Waals surface area contributed by atoms with E-state index in [0.717, 1.165) is 0 Å². The maximum atomic E-state index is 12.5. The molecule has 0 aromatic carbocycles. The number of nitrogens with zero attached hydrogens (tertiary/aromatic N) is 4. The van der Waals surface area contributed by atoms with Crippen LogP contribution in [0.1, 0.15) is 12.8 Å². The Kier molecular flexibility index (Phi) is 5.27. The lowest BCUT2D eigenvalue weighted by Crippen LogP contribution is -2.40. The molecule has 2 heterocycles. The minimum absolute atomic E-state index is 0.0322. The monoisotopic (exact) mass is 336 g/mol. The van der Waals surface area contributed by atoms with Crippen LogP contribution in [0.3, 0.4) is 0 Å². The van der Waals surface area contributed by atoms with Crippen LogP contribution in [0.5, 0.6) is 0 Å². The highest BCUT2D eigenvalue weighted by atomic mass is 32.2. The number of carbonyl (C=O) groups excluding carboxylic acids is 1. The van der Waals surface area contributed by atoms with Crippen molar-refractivity contribution in [1.82, 2.24) is 13.9 Å². The number of imidazole rings is 1. The maximum absolute atomic E-state index is 12.5. The number of hydrogen-bond donors (Lipinski definition) is 0. The Hall–Kier alpha value is -2.06. The van der Waals surface area contributed by atoms with Crippen LogP contribution in [-0.4, -0.2) is 47.9 Å². The molecule has 0 radical (unpaired) electrons. The van der Waals surface area contributed by atoms with Crippen molar-refractivity contribution in [2.24, 2.45) is 18.0 Å². The van der Waals surface area contributed by atoms with Gasteiger partial charge in [0.2, 0.25) is 0 Å². The van der Waals surface area contributed by atoms with Crippen LogP contribution >= 0.6 is 0 Å². The summed E-state index contributed by atoms with van der Waals surface area (Å²) < 4.78 is 27.9. The highest BCUT2D eigenvalue weighted by Crippen LogP contribution is 2.25. The van der Waals surface area contributed by atoms with Crippen molar-refractivity contribution in [3.05, 3.63) is 37.0 Å². The number of aryl methyl sites for hydroxylation is 1. The Bertz CT molecular complexity index is 741. The largest absolute Gasteiger partial charge is 0.339 e. The normalized spacial score (nSPS) is 17.9. The van der Waals surface area contributed by atoms with E-state index in [4.69, 9.17) is 0 Å². The topological polar surface area (TPSA) is 84.6 Å². The predicted octanol–water partition coefficient (Wildman–Crippen LogP) is 1.16. The van der Waals surface area contributed by atoms with Gasteiger partial charge in [-0.1, -0.05) is 12.7 Å². The highest BCUT2D eigenvalue weighted by molar-refractivity contribution is 7.89. The van der Waals surface area contributed by atoms with Crippen molar-refractivity contribution in [2.45, 2.75) is 17.9 Å². The first-order valence-electron chi connectivity index (χ1n) is 7.22. The Morgan fingerprint density at radius 3 is 2.57 bits per heavy atom. The van der Waals surface area contributed by atoms with Crippen LogP contribution in [-0.2, 0) is 21.9 Å². The second-order valence-corrected chi connectivity index (χ2v) is 7.25. The number of sulfonamides is 1. The van der Waals surface area contributed by atoms with Crippen molar-refractivity contribution in [1.29, 1.82) is 0 Å². The number of aliphatic imine (C=N–C) groups is 1. The number of ketones is 1. The summed E-state index contributed by atoms with van der Waals surface area (Å²) >= 11 is 0. The van der Waals surface area contributed by atoms with Gasteiger partial charge in [-0.05, 0) is 25.6 Å². The molecule has 0 spiro atoms. The van der Waals surface area contributed by atoms with Crippen LogP contribution in [0.15, 0.2) is 47.0 Å². The maximum Gasteiger partial charge on any atom is 0.262 e. The number of carbonyl (C=O) groups is 1. The summed E-state index contributed by atoms with van der Waals surface area (Å²) in [7, 11) is -1.89. The van der Waals surface area contributed by atoms with Crippen LogP contribution < -0.4 is 0 Å². The van der Waals surface area contributed by atoms with E-state index in [1.165, 1.54) is 29.0 Å². The second-order valence-electron chi connectivity index (χ2n) is 5.37. The first-order valence-corrected chi connectivity index (χ1v) is 8.66. The molecule has 7 nitrogen and oxygen atoms in total. The minimum Gasteiger partial charge on any atom is -0.339 e. The zero-order chi connectivity index (χ0) is 17.0. The molecule has 0 N–H and O–H groups in total. The Morgan fingerprint density at radius 2 is 2.09 bits per heavy atom. The van der Waals surface area contributed by atoms with E-state index in [1.807, 2.05) is 0 Å². The molecule has 1 saturated heterocycles. The van der Waals surface area contributed by atoms with E-state index >= 15 is 0 Å². The summed E-state index contributed by atoms with van der Waals surface area (Å²) in [6.45, 7) is 7.50. The number of Topliss-reactive ketones (excluding diaryl/α,β-unsaturated/α-hetero) is 1. The summed E-state index contributed by atoms with van der Waals surface area (Å²) in [5.74, 6) is -0.364. The van der Waals surface area contributed by atoms with Gasteiger partial charge in [-0.2, -0.15) is 4.31 Å². The van der Waals surface area contributed by atoms with E-state index in [1.54, 1.807) is 11.6 Å². The molecular weight excluding hydrogens is 316 g/mol. The Labute approximate surface area is 136 Å². The summed E-state index contributed by atoms with van der Waals surface area (Å²) in [6.07, 6.45) is 6.84. The molecule has 124 valence electrons. The number of hydrogen-bond acceptors (Lipinski definition) is 5. The van der Waals surface area contributed by atoms with Gasteiger partial charge in [-0.15, -0.1) is 0 Å². The molecule has 0 bridgehead atoms. The van der Waals surface area contributed by atoms with Crippen LogP contribution in [0, 0.1) is 5.92 Å². The van der Waals surface area contributed by atoms with Crippen molar-refractivity contribution in [3.63, 3.8) is 0 Å². The minimum atomic E-state index is -3.60. The molecule has 23 heavy (non-hydrogen) atoms. The van der Waals surface area contributed by atoms with Gasteiger partial charge in [-0.3, -0.25) is 9.79 Å². The van der Waals surface area contributed by atoms with E-state index in [0.29, 0.717) is 12.8 Å². The first-order chi connectivity index (χ1) is 10.9. The molecule has 1 aromatic rings. The average molecular weight is 336 g/mol. The van der Waals surface area contributed by atoms with Gasteiger partial charge in [0.05, 0.1) is 6.33 Å². The molecule has 0 aliphatic carbocycles. The zero-order valence-corrected chi connectivity index (χ0v) is 13.9. The number of piperidine rings is 1. The van der Waals surface area contributed by atoms with Crippen LogP contribution in [0.4, 0.5) is 0 Å². The van der Waals surface area contributed by atoms with Crippen molar-refractivity contribution >= 4 is 22.5 Å². The lowest BCUT2D eigenvalue weighted by molar-refractivity contribution is -0.120. The van der Waals surface area contributed by atoms with Gasteiger partial charge in [0.15, 0.2) is 10.8 Å². The van der Waals surface area contributed by atoms with Crippen molar-refractivity contribution in [3.8, 4) is 0 Å². The Morgan fingerprint density at radius 1 is 1.43 bits per heavy atom. The second kappa shape index (κ2) is 7.01. The molecule has 1 aromatic heterocycles. The fourth-order valence-corrected chi connectivity index (χ4v) is 3.98. The number of allylic oxidation sites excluding steroid dienone is 3. The molecule has 0 saturated carbocycles. The standard InChI is InChI=1S/C15H20N4O3S/c1-4-5-13(16-2)15(20)12-6-8-19(9-7-12)23(21,22)14-10-18(3)11-17-14/h4-5,10-12H,1-2,6-9H2,3H3. The number of aromatic nitrogens is 2. The highest BCUT2D eigenvalue weighted by Gasteiger charge is 2.33. The molecule has 1 aliphatic rings. The lowest BCUT2D eigenvalue weighted by atomic mass is 9.92. The summed E-state index contributed by atoms with van der Waals surface area (Å²) in [6, 6.07) is 0. The van der Waals surface area contributed by atoms with Gasteiger partial charge in [0.25, 0.3) is 10.0 Å². The molecular formula is C15H20N4O3S. The Balaban J connectivity index is 2.06. The van der Waals surface area contributed by atoms with Gasteiger partial charge in [0.1, 0.15) is 5.70 Å². The third-order valence-corrected chi connectivity index (χ3v) is 5.59. The molecule has 0 atom stereocenters. The third kappa shape index (κ3) is 3.65. The van der Waals surface area contributed by atoms with Gasteiger partial charge < -0.3 is 4.57 Å². The first kappa shape index (κ1) is 17.3. The van der Waals surface area contributed by atoms with Crippen molar-refractivity contribution in [2.75, 3.05) is 13.1 Å². The smallest absolute Gasteiger partial charge is 0.262 e. The van der Waals surface area contributed by atoms with Gasteiger partial charge in [0, 0.05) is 32.3 Å². The predicted molar refractivity (Wildman–Crippen MR) is 87.5 cm³/mol. The van der Waals surface area contributed by atoms with E-state index < -0.39 is 10.0 Å². The molecule has 1 fully saturated rings. The van der Waals surface area contributed by atoms with Gasteiger partial charge in [-0.25, -0.2) is 13.4 Å². The van der Waals surface area contributed by atoms with Gasteiger partial charge >= 0.3 is 0 Å². The average Bonchev–Trinajstić information content (AvgIpc) is 2.99. The SMILES string of the molecule is C=CC=C(N=C)C(=O)C1CCN(S(=O)(=O)c2cn(C)cn2)CC1. The summed E-state index contributed by atoms with van der Waals surface area (Å²) in [5.41, 5.74) is 0.269. The van der Waals surface area contributed by atoms with E-state index in [2.05, 4.69) is 23.3 Å². The van der Waals surface area contributed by atoms with E-state index in [9.17, 15) is 13.2 Å². The molecule has 2 rings (SSSR count). The zero-order valence-electron chi connectivity index (χ0n) is 13.1. The fraction of sp³-hybridized carbons (Fsp3) is 0.400. The molecule has 8 heteroatoms. The summed E-state index contributed by atoms with van der Waals surface area (Å²) in [5, 5.41) is 0.0322. The third-order valence-electron chi connectivity index (χ3n) is 3.81. The fourth-order valence-electron chi connectivity index (χ4n) is 2.55. The van der Waals surface area contributed by atoms with Crippen LogP contribution in [0.25, 0.3) is 0 Å². The molecule has 1 aliphatic heterocycles.